The van der Waals surface area contributed by atoms with E-state index in [0.717, 1.165) is 29.4 Å². The van der Waals surface area contributed by atoms with E-state index >= 15 is 0 Å². The summed E-state index contributed by atoms with van der Waals surface area (Å²) >= 11 is 7.91. The van der Waals surface area contributed by atoms with Crippen molar-refractivity contribution in [2.75, 3.05) is 6.54 Å². The summed E-state index contributed by atoms with van der Waals surface area (Å²) in [4.78, 5) is 5.26. The molecule has 0 unspecified atom stereocenters. The average Bonchev–Trinajstić information content (AvgIpc) is 2.47. The number of nitrogens with zero attached hydrogens (tertiary/aromatic N) is 1. The Morgan fingerprint density at radius 1 is 1.19 bits per heavy atom. The molecule has 1 heterocycles. The summed E-state index contributed by atoms with van der Waals surface area (Å²) in [6, 6.07) is 10.7. The van der Waals surface area contributed by atoms with Crippen LogP contribution in [0.5, 0.6) is 0 Å². The van der Waals surface area contributed by atoms with Gasteiger partial charge in [0.15, 0.2) is 0 Å². The maximum absolute atomic E-state index is 6.11. The molecule has 0 aliphatic carbocycles. The Bertz CT molecular complexity index is 555. The summed E-state index contributed by atoms with van der Waals surface area (Å²) in [7, 11) is 0. The van der Waals surface area contributed by atoms with Gasteiger partial charge in [0, 0.05) is 29.6 Å². The zero-order chi connectivity index (χ0) is 15.1. The number of nitrogens with one attached hydrogen (secondary N) is 1. The molecule has 112 valence electrons. The first kappa shape index (κ1) is 16.3. The molecular weight excluding hydrogens is 300 g/mol. The van der Waals surface area contributed by atoms with E-state index < -0.39 is 0 Å². The van der Waals surface area contributed by atoms with Crippen LogP contribution >= 0.6 is 23.4 Å². The van der Waals surface area contributed by atoms with Crippen LogP contribution in [0, 0.1) is 5.92 Å². The molecule has 2 aromatic rings. The van der Waals surface area contributed by atoms with Gasteiger partial charge < -0.3 is 5.32 Å². The lowest BCUT2D eigenvalue weighted by Crippen LogP contribution is -2.18. The van der Waals surface area contributed by atoms with Gasteiger partial charge in [0.05, 0.1) is 5.02 Å². The molecule has 0 fully saturated rings. The van der Waals surface area contributed by atoms with E-state index in [-0.39, 0.29) is 0 Å². The van der Waals surface area contributed by atoms with Gasteiger partial charge in [0.1, 0.15) is 0 Å². The highest BCUT2D eigenvalue weighted by Gasteiger charge is 2.01. The fourth-order valence-corrected chi connectivity index (χ4v) is 3.06. The molecule has 1 N–H and O–H groups in total. The van der Waals surface area contributed by atoms with Crippen LogP contribution in [0.15, 0.2) is 47.6 Å². The highest BCUT2D eigenvalue weighted by molar-refractivity contribution is 7.98. The molecule has 0 aliphatic rings. The lowest BCUT2D eigenvalue weighted by atomic mass is 10.2. The molecule has 0 saturated heterocycles. The monoisotopic (exact) mass is 320 g/mol. The number of rotatable bonds is 7. The largest absolute Gasteiger partial charge is 0.312 e. The lowest BCUT2D eigenvalue weighted by Gasteiger charge is -2.08. The average molecular weight is 321 g/mol. The topological polar surface area (TPSA) is 24.9 Å². The number of hydrogen-bond donors (Lipinski definition) is 1. The second-order valence-electron chi connectivity index (χ2n) is 5.42. The van der Waals surface area contributed by atoms with E-state index in [9.17, 15) is 0 Å². The number of halogens is 1. The summed E-state index contributed by atoms with van der Waals surface area (Å²) < 4.78 is 0. The molecule has 0 spiro atoms. The summed E-state index contributed by atoms with van der Waals surface area (Å²) in [6.45, 7) is 6.42. The van der Waals surface area contributed by atoms with Crippen LogP contribution in [0.2, 0.25) is 5.02 Å². The third kappa shape index (κ3) is 5.70. The molecule has 0 amide bonds. The zero-order valence-electron chi connectivity index (χ0n) is 12.5. The molecule has 4 heteroatoms. The minimum absolute atomic E-state index is 0.685. The first-order valence-electron chi connectivity index (χ1n) is 7.16. The Hall–Kier alpha value is -1.03. The third-order valence-corrected chi connectivity index (χ3v) is 4.46. The maximum atomic E-state index is 6.11. The van der Waals surface area contributed by atoms with Gasteiger partial charge in [-0.3, -0.25) is 4.98 Å². The Balaban J connectivity index is 1.84. The quantitative estimate of drug-likeness (QED) is 0.744. The van der Waals surface area contributed by atoms with Gasteiger partial charge in [-0.1, -0.05) is 37.6 Å². The van der Waals surface area contributed by atoms with Crippen molar-refractivity contribution in [2.45, 2.75) is 31.0 Å². The maximum Gasteiger partial charge on any atom is 0.0629 e. The number of thioether (sulfide) groups is 1. The van der Waals surface area contributed by atoms with Crippen molar-refractivity contribution in [2.24, 2.45) is 5.92 Å². The van der Waals surface area contributed by atoms with Crippen LogP contribution in [-0.2, 0) is 12.3 Å². The minimum Gasteiger partial charge on any atom is -0.312 e. The number of aromatic nitrogens is 1. The van der Waals surface area contributed by atoms with Crippen molar-refractivity contribution in [1.29, 1.82) is 0 Å². The first-order chi connectivity index (χ1) is 10.1. The molecule has 2 rings (SSSR count). The Morgan fingerprint density at radius 3 is 2.62 bits per heavy atom. The number of hydrogen-bond acceptors (Lipinski definition) is 3. The van der Waals surface area contributed by atoms with Crippen molar-refractivity contribution in [1.82, 2.24) is 10.3 Å². The number of benzene rings is 1. The molecule has 0 bridgehead atoms. The molecule has 0 saturated carbocycles. The van der Waals surface area contributed by atoms with E-state index in [0.29, 0.717) is 5.92 Å². The minimum atomic E-state index is 0.685. The standard InChI is InChI=1S/C17H21ClN2S/c1-13(2)9-20-10-14-3-5-16(6-4-14)21-12-15-7-8-19-11-17(15)18/h3-8,11,13,20H,9-10,12H2,1-2H3. The summed E-state index contributed by atoms with van der Waals surface area (Å²) in [5.41, 5.74) is 2.45. The van der Waals surface area contributed by atoms with Crippen LogP contribution in [-0.4, -0.2) is 11.5 Å². The van der Waals surface area contributed by atoms with Crippen molar-refractivity contribution in [3.8, 4) is 0 Å². The van der Waals surface area contributed by atoms with Gasteiger partial charge in [-0.15, -0.1) is 11.8 Å². The molecule has 2 nitrogen and oxygen atoms in total. The second-order valence-corrected chi connectivity index (χ2v) is 6.88. The number of pyridine rings is 1. The van der Waals surface area contributed by atoms with Gasteiger partial charge in [-0.05, 0) is 41.8 Å². The van der Waals surface area contributed by atoms with Gasteiger partial charge in [-0.2, -0.15) is 0 Å². The van der Waals surface area contributed by atoms with Crippen LogP contribution in [0.1, 0.15) is 25.0 Å². The molecule has 0 atom stereocenters. The summed E-state index contributed by atoms with van der Waals surface area (Å²) in [5.74, 6) is 1.55. The highest BCUT2D eigenvalue weighted by Crippen LogP contribution is 2.26. The lowest BCUT2D eigenvalue weighted by molar-refractivity contribution is 0.552. The van der Waals surface area contributed by atoms with Crippen LogP contribution < -0.4 is 5.32 Å². The van der Waals surface area contributed by atoms with E-state index in [1.54, 1.807) is 24.2 Å². The molecular formula is C17H21ClN2S. The third-order valence-electron chi connectivity index (χ3n) is 3.06. The smallest absolute Gasteiger partial charge is 0.0629 e. The van der Waals surface area contributed by atoms with E-state index in [4.69, 9.17) is 11.6 Å². The van der Waals surface area contributed by atoms with E-state index in [1.807, 2.05) is 6.07 Å². The molecule has 21 heavy (non-hydrogen) atoms. The molecule has 0 aliphatic heterocycles. The molecule has 0 radical (unpaired) electrons. The highest BCUT2D eigenvalue weighted by atomic mass is 35.5. The first-order valence-corrected chi connectivity index (χ1v) is 8.52. The van der Waals surface area contributed by atoms with Gasteiger partial charge in [0.2, 0.25) is 0 Å². The van der Waals surface area contributed by atoms with E-state index in [2.05, 4.69) is 48.4 Å². The van der Waals surface area contributed by atoms with Gasteiger partial charge in [0.25, 0.3) is 0 Å². The Kier molecular flexibility index (Phi) is 6.55. The van der Waals surface area contributed by atoms with Crippen molar-refractivity contribution in [3.05, 3.63) is 58.9 Å². The van der Waals surface area contributed by atoms with Crippen LogP contribution in [0.4, 0.5) is 0 Å². The van der Waals surface area contributed by atoms with Gasteiger partial charge in [-0.25, -0.2) is 0 Å². The van der Waals surface area contributed by atoms with Crippen molar-refractivity contribution < 1.29 is 0 Å². The summed E-state index contributed by atoms with van der Waals surface area (Å²) in [5, 5.41) is 4.19. The van der Waals surface area contributed by atoms with Crippen molar-refractivity contribution >= 4 is 23.4 Å². The second kappa shape index (κ2) is 8.42. The zero-order valence-corrected chi connectivity index (χ0v) is 14.0. The van der Waals surface area contributed by atoms with Gasteiger partial charge >= 0.3 is 0 Å². The predicted octanol–water partition coefficient (Wildman–Crippen LogP) is 4.77. The van der Waals surface area contributed by atoms with Crippen LogP contribution in [0.25, 0.3) is 0 Å². The summed E-state index contributed by atoms with van der Waals surface area (Å²) in [6.07, 6.45) is 3.48. The van der Waals surface area contributed by atoms with E-state index in [1.165, 1.54) is 10.5 Å². The molecule has 1 aromatic heterocycles. The predicted molar refractivity (Wildman–Crippen MR) is 91.8 cm³/mol. The molecule has 1 aromatic carbocycles. The normalized spacial score (nSPS) is 11.0. The van der Waals surface area contributed by atoms with Crippen LogP contribution in [0.3, 0.4) is 0 Å². The fourth-order valence-electron chi connectivity index (χ4n) is 1.89. The Labute approximate surface area is 136 Å². The fraction of sp³-hybridized carbons (Fsp3) is 0.353. The Morgan fingerprint density at radius 2 is 1.95 bits per heavy atom. The SMILES string of the molecule is CC(C)CNCc1ccc(SCc2ccncc2Cl)cc1. The van der Waals surface area contributed by atoms with Crippen molar-refractivity contribution in [3.63, 3.8) is 0 Å².